The standard InChI is InChI=1S/C11H12BrN3O2/c12-8-1-2-9(13-3-8)14-4-11(5-14)6-15(7-11)10(16)17/h1-3H,4-7H2,(H,16,17). The Morgan fingerprint density at radius 3 is 2.59 bits per heavy atom. The van der Waals surface area contributed by atoms with Crippen LogP contribution in [0.1, 0.15) is 0 Å². The smallest absolute Gasteiger partial charge is 0.407 e. The minimum absolute atomic E-state index is 0.188. The van der Waals surface area contributed by atoms with E-state index in [1.54, 1.807) is 6.20 Å². The van der Waals surface area contributed by atoms with Gasteiger partial charge in [0.15, 0.2) is 0 Å². The van der Waals surface area contributed by atoms with E-state index in [0.29, 0.717) is 13.1 Å². The van der Waals surface area contributed by atoms with Crippen molar-refractivity contribution >= 4 is 27.8 Å². The number of hydrogen-bond donors (Lipinski definition) is 1. The number of aromatic nitrogens is 1. The van der Waals surface area contributed by atoms with Gasteiger partial charge in [0, 0.05) is 42.3 Å². The molecule has 1 spiro atoms. The van der Waals surface area contributed by atoms with Crippen LogP contribution in [0.5, 0.6) is 0 Å². The maximum Gasteiger partial charge on any atom is 0.407 e. The lowest BCUT2D eigenvalue weighted by atomic mass is 9.73. The van der Waals surface area contributed by atoms with Crippen LogP contribution in [-0.4, -0.2) is 47.3 Å². The van der Waals surface area contributed by atoms with E-state index in [9.17, 15) is 4.79 Å². The highest BCUT2D eigenvalue weighted by Gasteiger charge is 2.53. The second kappa shape index (κ2) is 3.60. The Labute approximate surface area is 107 Å². The molecule has 6 heteroatoms. The fraction of sp³-hybridized carbons (Fsp3) is 0.455. The summed E-state index contributed by atoms with van der Waals surface area (Å²) in [6, 6.07) is 3.95. The zero-order chi connectivity index (χ0) is 12.0. The number of likely N-dealkylation sites (tertiary alicyclic amines) is 1. The lowest BCUT2D eigenvalue weighted by molar-refractivity contribution is -0.00974. The van der Waals surface area contributed by atoms with Crippen LogP contribution in [0, 0.1) is 5.41 Å². The SMILES string of the molecule is O=C(O)N1CC2(C1)CN(c1ccc(Br)cn1)C2. The average Bonchev–Trinajstić information content (AvgIpc) is 2.15. The molecule has 0 radical (unpaired) electrons. The Morgan fingerprint density at radius 1 is 1.35 bits per heavy atom. The Morgan fingerprint density at radius 2 is 2.06 bits per heavy atom. The summed E-state index contributed by atoms with van der Waals surface area (Å²) in [5.74, 6) is 0.965. The van der Waals surface area contributed by atoms with Gasteiger partial charge in [0.05, 0.1) is 0 Å². The quantitative estimate of drug-likeness (QED) is 0.856. The molecule has 90 valence electrons. The van der Waals surface area contributed by atoms with Gasteiger partial charge in [0.1, 0.15) is 5.82 Å². The van der Waals surface area contributed by atoms with Crippen LogP contribution in [0.25, 0.3) is 0 Å². The second-order valence-electron chi connectivity index (χ2n) is 4.83. The van der Waals surface area contributed by atoms with E-state index in [2.05, 4.69) is 25.8 Å². The van der Waals surface area contributed by atoms with E-state index < -0.39 is 6.09 Å². The largest absolute Gasteiger partial charge is 0.465 e. The molecule has 1 aromatic heterocycles. The molecular formula is C11H12BrN3O2. The fourth-order valence-electron chi connectivity index (χ4n) is 2.58. The number of halogens is 1. The highest BCUT2D eigenvalue weighted by atomic mass is 79.9. The molecular weight excluding hydrogens is 286 g/mol. The summed E-state index contributed by atoms with van der Waals surface area (Å²) in [7, 11) is 0. The van der Waals surface area contributed by atoms with Gasteiger partial charge < -0.3 is 14.9 Å². The molecule has 1 N–H and O–H groups in total. The lowest BCUT2D eigenvalue weighted by Gasteiger charge is -2.59. The molecule has 2 saturated heterocycles. The van der Waals surface area contributed by atoms with Crippen LogP contribution in [0.2, 0.25) is 0 Å². The topological polar surface area (TPSA) is 56.7 Å². The zero-order valence-electron chi connectivity index (χ0n) is 9.14. The van der Waals surface area contributed by atoms with Crippen molar-refractivity contribution in [2.45, 2.75) is 0 Å². The maximum atomic E-state index is 10.7. The molecule has 0 unspecified atom stereocenters. The number of nitrogens with zero attached hydrogens (tertiary/aromatic N) is 3. The van der Waals surface area contributed by atoms with Gasteiger partial charge in [-0.15, -0.1) is 0 Å². The third-order valence-electron chi connectivity index (χ3n) is 3.41. The minimum Gasteiger partial charge on any atom is -0.465 e. The molecule has 2 fully saturated rings. The van der Waals surface area contributed by atoms with Gasteiger partial charge in [-0.3, -0.25) is 0 Å². The fourth-order valence-corrected chi connectivity index (χ4v) is 2.81. The number of pyridine rings is 1. The highest BCUT2D eigenvalue weighted by molar-refractivity contribution is 9.10. The zero-order valence-corrected chi connectivity index (χ0v) is 10.7. The molecule has 5 nitrogen and oxygen atoms in total. The molecule has 0 atom stereocenters. The molecule has 1 amide bonds. The molecule has 17 heavy (non-hydrogen) atoms. The van der Waals surface area contributed by atoms with E-state index in [4.69, 9.17) is 5.11 Å². The first kappa shape index (κ1) is 10.8. The van der Waals surface area contributed by atoms with Crippen LogP contribution in [0.4, 0.5) is 10.6 Å². The number of amides is 1. The summed E-state index contributed by atoms with van der Waals surface area (Å²) in [4.78, 5) is 18.7. The minimum atomic E-state index is -0.809. The summed E-state index contributed by atoms with van der Waals surface area (Å²) in [5.41, 5.74) is 0.188. The summed E-state index contributed by atoms with van der Waals surface area (Å²) < 4.78 is 0.970. The lowest BCUT2D eigenvalue weighted by Crippen LogP contribution is -2.73. The highest BCUT2D eigenvalue weighted by Crippen LogP contribution is 2.41. The summed E-state index contributed by atoms with van der Waals surface area (Å²) in [6.07, 6.45) is 0.973. The van der Waals surface area contributed by atoms with Gasteiger partial charge in [-0.2, -0.15) is 0 Å². The first-order valence-corrected chi connectivity index (χ1v) is 6.22. The third kappa shape index (κ3) is 1.76. The van der Waals surface area contributed by atoms with E-state index in [1.165, 1.54) is 4.90 Å². The van der Waals surface area contributed by atoms with Crippen molar-refractivity contribution in [1.29, 1.82) is 0 Å². The first-order chi connectivity index (χ1) is 8.08. The summed E-state index contributed by atoms with van der Waals surface area (Å²) in [5, 5.41) is 8.79. The normalized spacial score (nSPS) is 21.0. The summed E-state index contributed by atoms with van der Waals surface area (Å²) in [6.45, 7) is 3.14. The van der Waals surface area contributed by atoms with Gasteiger partial charge >= 0.3 is 6.09 Å². The molecule has 1 aromatic rings. The molecule has 0 aliphatic carbocycles. The van der Waals surface area contributed by atoms with Gasteiger partial charge in [0.2, 0.25) is 0 Å². The first-order valence-electron chi connectivity index (χ1n) is 5.42. The molecule has 3 heterocycles. The monoisotopic (exact) mass is 297 g/mol. The van der Waals surface area contributed by atoms with E-state index in [-0.39, 0.29) is 5.41 Å². The van der Waals surface area contributed by atoms with Gasteiger partial charge in [0.25, 0.3) is 0 Å². The predicted octanol–water partition coefficient (Wildman–Crippen LogP) is 1.64. The van der Waals surface area contributed by atoms with Crippen LogP contribution >= 0.6 is 15.9 Å². The Balaban J connectivity index is 1.59. The maximum absolute atomic E-state index is 10.7. The van der Waals surface area contributed by atoms with E-state index in [1.807, 2.05) is 12.1 Å². The molecule has 0 bridgehead atoms. The van der Waals surface area contributed by atoms with E-state index in [0.717, 1.165) is 23.4 Å². The van der Waals surface area contributed by atoms with Crippen molar-refractivity contribution in [2.75, 3.05) is 31.1 Å². The van der Waals surface area contributed by atoms with Crippen LogP contribution < -0.4 is 4.90 Å². The molecule has 3 rings (SSSR count). The molecule has 2 aliphatic rings. The van der Waals surface area contributed by atoms with Crippen molar-refractivity contribution in [3.63, 3.8) is 0 Å². The van der Waals surface area contributed by atoms with Crippen LogP contribution in [-0.2, 0) is 0 Å². The Hall–Kier alpha value is -1.30. The van der Waals surface area contributed by atoms with Crippen LogP contribution in [0.15, 0.2) is 22.8 Å². The summed E-state index contributed by atoms with van der Waals surface area (Å²) >= 11 is 3.35. The molecule has 0 aromatic carbocycles. The van der Waals surface area contributed by atoms with Crippen molar-refractivity contribution in [2.24, 2.45) is 5.41 Å². The molecule has 0 saturated carbocycles. The number of rotatable bonds is 1. The average molecular weight is 298 g/mol. The predicted molar refractivity (Wildman–Crippen MR) is 66.2 cm³/mol. The van der Waals surface area contributed by atoms with Gasteiger partial charge in [-0.1, -0.05) is 0 Å². The van der Waals surface area contributed by atoms with Gasteiger partial charge in [-0.05, 0) is 28.1 Å². The van der Waals surface area contributed by atoms with Crippen molar-refractivity contribution < 1.29 is 9.90 Å². The van der Waals surface area contributed by atoms with Crippen LogP contribution in [0.3, 0.4) is 0 Å². The van der Waals surface area contributed by atoms with Gasteiger partial charge in [-0.25, -0.2) is 9.78 Å². The Bertz CT molecular complexity index is 448. The van der Waals surface area contributed by atoms with Crippen molar-refractivity contribution in [1.82, 2.24) is 9.88 Å². The molecule has 2 aliphatic heterocycles. The Kier molecular flexibility index (Phi) is 2.29. The third-order valence-corrected chi connectivity index (χ3v) is 3.88. The van der Waals surface area contributed by atoms with Crippen molar-refractivity contribution in [3.05, 3.63) is 22.8 Å². The second-order valence-corrected chi connectivity index (χ2v) is 5.74. The van der Waals surface area contributed by atoms with E-state index >= 15 is 0 Å². The van der Waals surface area contributed by atoms with Crippen molar-refractivity contribution in [3.8, 4) is 0 Å². The number of anilines is 1. The number of carbonyl (C=O) groups is 1. The number of carboxylic acid groups (broad SMARTS) is 1. The number of hydrogen-bond acceptors (Lipinski definition) is 3.